The Morgan fingerprint density at radius 3 is 2.32 bits per heavy atom. The third kappa shape index (κ3) is 5.00. The van der Waals surface area contributed by atoms with Crippen molar-refractivity contribution in [2.75, 3.05) is 11.5 Å². The van der Waals surface area contributed by atoms with Gasteiger partial charge < -0.3 is 0 Å². The molecule has 1 aromatic heterocycles. The fourth-order valence-corrected chi connectivity index (χ4v) is 5.46. The van der Waals surface area contributed by atoms with Crippen LogP contribution in [0.25, 0.3) is 16.9 Å². The van der Waals surface area contributed by atoms with Crippen molar-refractivity contribution in [1.82, 2.24) is 20.6 Å². The lowest BCUT2D eigenvalue weighted by Gasteiger charge is -2.10. The summed E-state index contributed by atoms with van der Waals surface area (Å²) in [4.78, 5) is 25.0. The van der Waals surface area contributed by atoms with E-state index in [9.17, 15) is 18.0 Å². The average Bonchev–Trinajstić information content (AvgIpc) is 3.37. The van der Waals surface area contributed by atoms with Crippen LogP contribution in [0.5, 0.6) is 0 Å². The highest BCUT2D eigenvalue weighted by Gasteiger charge is 2.29. The first-order valence-corrected chi connectivity index (χ1v) is 11.7. The van der Waals surface area contributed by atoms with Crippen LogP contribution in [0.3, 0.4) is 0 Å². The van der Waals surface area contributed by atoms with Gasteiger partial charge in [-0.2, -0.15) is 5.10 Å². The molecule has 1 fully saturated rings. The van der Waals surface area contributed by atoms with Crippen molar-refractivity contribution in [3.05, 3.63) is 72.4 Å². The van der Waals surface area contributed by atoms with E-state index in [1.54, 1.807) is 10.9 Å². The molecule has 2 heterocycles. The topological polar surface area (TPSA) is 110 Å². The average molecular weight is 439 g/mol. The van der Waals surface area contributed by atoms with Gasteiger partial charge in [0.2, 0.25) is 5.91 Å². The van der Waals surface area contributed by atoms with Gasteiger partial charge in [-0.25, -0.2) is 13.1 Å². The van der Waals surface area contributed by atoms with E-state index in [0.717, 1.165) is 11.3 Å². The van der Waals surface area contributed by atoms with Crippen molar-refractivity contribution in [2.24, 2.45) is 5.92 Å². The molecule has 160 valence electrons. The highest BCUT2D eigenvalue weighted by molar-refractivity contribution is 7.91. The number of nitrogens with zero attached hydrogens (tertiary/aromatic N) is 2. The Bertz CT molecular complexity index is 1190. The zero-order valence-corrected chi connectivity index (χ0v) is 17.5. The molecule has 9 heteroatoms. The molecule has 1 saturated heterocycles. The van der Waals surface area contributed by atoms with Gasteiger partial charge in [-0.1, -0.05) is 48.5 Å². The number of hydrogen-bond acceptors (Lipinski definition) is 5. The van der Waals surface area contributed by atoms with Crippen molar-refractivity contribution < 1.29 is 18.0 Å². The van der Waals surface area contributed by atoms with Crippen molar-refractivity contribution in [1.29, 1.82) is 0 Å². The van der Waals surface area contributed by atoms with Gasteiger partial charge in [0.25, 0.3) is 5.91 Å². The molecule has 0 bridgehead atoms. The maximum absolute atomic E-state index is 12.9. The van der Waals surface area contributed by atoms with Crippen LogP contribution in [-0.4, -0.2) is 41.5 Å². The lowest BCUT2D eigenvalue weighted by Crippen LogP contribution is -2.42. The molecule has 0 spiro atoms. The molecular formula is C22H22N4O4S. The van der Waals surface area contributed by atoms with Gasteiger partial charge in [-0.05, 0) is 24.5 Å². The molecule has 31 heavy (non-hydrogen) atoms. The number of nitrogens with one attached hydrogen (secondary N) is 2. The lowest BCUT2D eigenvalue weighted by atomic mass is 10.1. The highest BCUT2D eigenvalue weighted by atomic mass is 32.2. The summed E-state index contributed by atoms with van der Waals surface area (Å²) in [5.41, 5.74) is 7.17. The molecule has 0 radical (unpaired) electrons. The quantitative estimate of drug-likeness (QED) is 0.593. The van der Waals surface area contributed by atoms with Crippen molar-refractivity contribution >= 4 is 21.7 Å². The molecule has 0 aliphatic carbocycles. The molecule has 2 aromatic carbocycles. The van der Waals surface area contributed by atoms with E-state index < -0.39 is 21.7 Å². The van der Waals surface area contributed by atoms with Gasteiger partial charge in [0.05, 0.1) is 22.8 Å². The summed E-state index contributed by atoms with van der Waals surface area (Å²) in [6.45, 7) is 0. The summed E-state index contributed by atoms with van der Waals surface area (Å²) in [6, 6.07) is 18.7. The third-order valence-electron chi connectivity index (χ3n) is 5.14. The van der Waals surface area contributed by atoms with Crippen LogP contribution in [0.2, 0.25) is 0 Å². The second-order valence-electron chi connectivity index (χ2n) is 7.51. The summed E-state index contributed by atoms with van der Waals surface area (Å²) in [5.74, 6) is -1.03. The number of para-hydroxylation sites is 1. The number of hydrazine groups is 1. The Hall–Kier alpha value is -3.46. The Morgan fingerprint density at radius 2 is 1.68 bits per heavy atom. The fraction of sp³-hybridized carbons (Fsp3) is 0.227. The van der Waals surface area contributed by atoms with Crippen molar-refractivity contribution in [2.45, 2.75) is 12.8 Å². The van der Waals surface area contributed by atoms with E-state index in [4.69, 9.17) is 0 Å². The molecule has 0 saturated carbocycles. The zero-order chi connectivity index (χ0) is 21.8. The molecule has 2 N–H and O–H groups in total. The molecular weight excluding hydrogens is 416 g/mol. The predicted octanol–water partition coefficient (Wildman–Crippen LogP) is 2.13. The minimum absolute atomic E-state index is 0.0103. The van der Waals surface area contributed by atoms with Crippen LogP contribution in [0.1, 0.15) is 23.2 Å². The monoisotopic (exact) mass is 438 g/mol. The van der Waals surface area contributed by atoms with E-state index in [0.29, 0.717) is 17.7 Å². The number of carbonyl (C=O) groups is 2. The van der Waals surface area contributed by atoms with Gasteiger partial charge in [-0.3, -0.25) is 20.4 Å². The molecule has 4 rings (SSSR count). The number of amides is 2. The molecule has 3 aromatic rings. The number of carbonyl (C=O) groups excluding carboxylic acids is 2. The van der Waals surface area contributed by atoms with E-state index in [1.165, 1.54) is 0 Å². The summed E-state index contributed by atoms with van der Waals surface area (Å²) >= 11 is 0. The second kappa shape index (κ2) is 8.73. The Labute approximate surface area is 180 Å². The lowest BCUT2D eigenvalue weighted by molar-refractivity contribution is -0.122. The summed E-state index contributed by atoms with van der Waals surface area (Å²) in [5, 5.41) is 4.57. The zero-order valence-electron chi connectivity index (χ0n) is 16.7. The largest absolute Gasteiger partial charge is 0.273 e. The van der Waals surface area contributed by atoms with E-state index in [1.807, 2.05) is 60.7 Å². The second-order valence-corrected chi connectivity index (χ2v) is 9.74. The van der Waals surface area contributed by atoms with E-state index in [-0.39, 0.29) is 23.8 Å². The smallest absolute Gasteiger partial charge is 0.273 e. The van der Waals surface area contributed by atoms with Gasteiger partial charge in [0.15, 0.2) is 9.84 Å². The van der Waals surface area contributed by atoms with Crippen LogP contribution in [0.15, 0.2) is 66.9 Å². The predicted molar refractivity (Wildman–Crippen MR) is 116 cm³/mol. The van der Waals surface area contributed by atoms with Gasteiger partial charge >= 0.3 is 0 Å². The number of aromatic nitrogens is 2. The Kier molecular flexibility index (Phi) is 5.85. The number of hydrogen-bond donors (Lipinski definition) is 2. The van der Waals surface area contributed by atoms with Gasteiger partial charge in [-0.15, -0.1) is 0 Å². The van der Waals surface area contributed by atoms with Crippen molar-refractivity contribution in [3.8, 4) is 16.9 Å². The molecule has 1 aliphatic rings. The highest BCUT2D eigenvalue weighted by Crippen LogP contribution is 2.24. The van der Waals surface area contributed by atoms with E-state index in [2.05, 4.69) is 16.0 Å². The molecule has 8 nitrogen and oxygen atoms in total. The Balaban J connectivity index is 1.50. The van der Waals surface area contributed by atoms with Gasteiger partial charge in [0.1, 0.15) is 5.69 Å². The standard InChI is InChI=1S/C22H22N4O4S/c27-20(13-16-11-12-31(29,30)15-16)23-24-22(28)19-14-26(18-9-5-2-6-10-18)25-21(19)17-7-3-1-4-8-17/h1-10,14,16H,11-13,15H2,(H,23,27)(H,24,28). The summed E-state index contributed by atoms with van der Waals surface area (Å²) in [7, 11) is -3.05. The molecule has 1 unspecified atom stereocenters. The number of rotatable bonds is 5. The summed E-state index contributed by atoms with van der Waals surface area (Å²) < 4.78 is 24.7. The first-order chi connectivity index (χ1) is 14.9. The van der Waals surface area contributed by atoms with Crippen LogP contribution >= 0.6 is 0 Å². The maximum Gasteiger partial charge on any atom is 0.273 e. The summed E-state index contributed by atoms with van der Waals surface area (Å²) in [6.07, 6.45) is 2.13. The van der Waals surface area contributed by atoms with Crippen LogP contribution < -0.4 is 10.9 Å². The fourth-order valence-electron chi connectivity index (χ4n) is 3.60. The minimum atomic E-state index is -3.05. The third-order valence-corrected chi connectivity index (χ3v) is 6.98. The molecule has 2 amide bonds. The first-order valence-electron chi connectivity index (χ1n) is 9.91. The number of sulfone groups is 1. The van der Waals surface area contributed by atoms with Crippen molar-refractivity contribution in [3.63, 3.8) is 0 Å². The van der Waals surface area contributed by atoms with E-state index >= 15 is 0 Å². The Morgan fingerprint density at radius 1 is 1.00 bits per heavy atom. The number of benzene rings is 2. The molecule has 1 atom stereocenters. The van der Waals surface area contributed by atoms with Crippen LogP contribution in [-0.2, 0) is 14.6 Å². The maximum atomic E-state index is 12.9. The van der Waals surface area contributed by atoms with Crippen LogP contribution in [0.4, 0.5) is 0 Å². The van der Waals surface area contributed by atoms with Crippen LogP contribution in [0, 0.1) is 5.92 Å². The first kappa shape index (κ1) is 20.8. The normalized spacial score (nSPS) is 17.2. The van der Waals surface area contributed by atoms with Gasteiger partial charge in [0, 0.05) is 18.2 Å². The SMILES string of the molecule is O=C(CC1CCS(=O)(=O)C1)NNC(=O)c1cn(-c2ccccc2)nc1-c1ccccc1. The minimum Gasteiger partial charge on any atom is -0.273 e. The molecule has 1 aliphatic heterocycles.